The van der Waals surface area contributed by atoms with Gasteiger partial charge in [-0.25, -0.2) is 4.79 Å². The molecule has 2 aromatic carbocycles. The first-order valence-corrected chi connectivity index (χ1v) is 10.5. The minimum Gasteiger partial charge on any atom is -0.478 e. The predicted molar refractivity (Wildman–Crippen MR) is 112 cm³/mol. The minimum atomic E-state index is -0.879. The summed E-state index contributed by atoms with van der Waals surface area (Å²) >= 11 is 0. The molecule has 0 radical (unpaired) electrons. The zero-order valence-electron chi connectivity index (χ0n) is 16.7. The Kier molecular flexibility index (Phi) is 5.95. The van der Waals surface area contributed by atoms with Crippen LogP contribution < -0.4 is 0 Å². The number of carboxylic acid groups (broad SMARTS) is 1. The van der Waals surface area contributed by atoms with Gasteiger partial charge in [0, 0.05) is 32.6 Å². The number of hydrogen-bond donors (Lipinski definition) is 1. The fraction of sp³-hybridized carbons (Fsp3) is 0.417. The number of carboxylic acids is 1. The Balaban J connectivity index is 1.22. The summed E-state index contributed by atoms with van der Waals surface area (Å²) in [5.74, 6) is -0.307. The third-order valence-electron chi connectivity index (χ3n) is 6.17. The van der Waals surface area contributed by atoms with Gasteiger partial charge in [-0.3, -0.25) is 9.69 Å². The predicted octanol–water partition coefficient (Wildman–Crippen LogP) is 3.57. The van der Waals surface area contributed by atoms with Crippen LogP contribution in [0.25, 0.3) is 0 Å². The van der Waals surface area contributed by atoms with Gasteiger partial charge >= 0.3 is 5.97 Å². The summed E-state index contributed by atoms with van der Waals surface area (Å²) in [6.45, 7) is 4.44. The molecule has 2 aliphatic heterocycles. The van der Waals surface area contributed by atoms with Crippen LogP contribution in [0, 0.1) is 5.92 Å². The number of likely N-dealkylation sites (tertiary alicyclic amines) is 1. The van der Waals surface area contributed by atoms with E-state index in [9.17, 15) is 14.7 Å². The van der Waals surface area contributed by atoms with E-state index >= 15 is 0 Å². The molecule has 1 N–H and O–H groups in total. The molecule has 0 spiro atoms. The molecule has 0 aliphatic carbocycles. The molecular formula is C24H28N2O3. The average molecular weight is 392 g/mol. The highest BCUT2D eigenvalue weighted by Crippen LogP contribution is 2.25. The van der Waals surface area contributed by atoms with E-state index in [0.717, 1.165) is 57.5 Å². The van der Waals surface area contributed by atoms with Gasteiger partial charge in [0.2, 0.25) is 5.91 Å². The fourth-order valence-electron chi connectivity index (χ4n) is 4.62. The molecule has 0 aromatic heterocycles. The van der Waals surface area contributed by atoms with E-state index in [0.29, 0.717) is 17.9 Å². The maximum Gasteiger partial charge on any atom is 0.335 e. The van der Waals surface area contributed by atoms with Crippen LogP contribution in [0.5, 0.6) is 0 Å². The maximum atomic E-state index is 12.6. The van der Waals surface area contributed by atoms with E-state index in [2.05, 4.69) is 29.2 Å². The lowest BCUT2D eigenvalue weighted by Crippen LogP contribution is -2.29. The summed E-state index contributed by atoms with van der Waals surface area (Å²) in [6, 6.07) is 15.7. The summed E-state index contributed by atoms with van der Waals surface area (Å²) in [5.41, 5.74) is 4.06. The second-order valence-corrected chi connectivity index (χ2v) is 8.24. The van der Waals surface area contributed by atoms with Crippen molar-refractivity contribution in [1.82, 2.24) is 9.80 Å². The SMILES string of the molecule is O=C(O)c1ccccc1CC1CCN(C(=O)CCCN2Cc3ccccc3C2)C1. The van der Waals surface area contributed by atoms with Gasteiger partial charge in [-0.05, 0) is 54.5 Å². The average Bonchev–Trinajstić information content (AvgIpc) is 3.34. The first-order chi connectivity index (χ1) is 14.1. The molecule has 2 heterocycles. The zero-order valence-corrected chi connectivity index (χ0v) is 16.7. The summed E-state index contributed by atoms with van der Waals surface area (Å²) in [5, 5.41) is 9.36. The molecule has 4 rings (SSSR count). The van der Waals surface area contributed by atoms with E-state index in [1.165, 1.54) is 11.1 Å². The highest BCUT2D eigenvalue weighted by molar-refractivity contribution is 5.89. The van der Waals surface area contributed by atoms with Gasteiger partial charge in [0.1, 0.15) is 0 Å². The van der Waals surface area contributed by atoms with Crippen LogP contribution in [0.2, 0.25) is 0 Å². The Labute approximate surface area is 171 Å². The van der Waals surface area contributed by atoms with Crippen molar-refractivity contribution in [2.24, 2.45) is 5.92 Å². The van der Waals surface area contributed by atoms with E-state index in [-0.39, 0.29) is 5.91 Å². The maximum absolute atomic E-state index is 12.6. The lowest BCUT2D eigenvalue weighted by atomic mass is 9.95. The first kappa shape index (κ1) is 19.6. The van der Waals surface area contributed by atoms with Gasteiger partial charge in [-0.2, -0.15) is 0 Å². The minimum absolute atomic E-state index is 0.232. The number of hydrogen-bond acceptors (Lipinski definition) is 3. The highest BCUT2D eigenvalue weighted by Gasteiger charge is 2.27. The van der Waals surface area contributed by atoms with Crippen LogP contribution in [-0.4, -0.2) is 46.4 Å². The highest BCUT2D eigenvalue weighted by atomic mass is 16.4. The molecule has 0 bridgehead atoms. The van der Waals surface area contributed by atoms with Gasteiger partial charge in [0.05, 0.1) is 5.56 Å². The third-order valence-corrected chi connectivity index (χ3v) is 6.17. The number of amides is 1. The number of aromatic carboxylic acids is 1. The molecule has 29 heavy (non-hydrogen) atoms. The number of nitrogens with zero attached hydrogens (tertiary/aromatic N) is 2. The van der Waals surface area contributed by atoms with Crippen LogP contribution in [-0.2, 0) is 24.3 Å². The Bertz CT molecular complexity index is 870. The van der Waals surface area contributed by atoms with Crippen molar-refractivity contribution in [3.63, 3.8) is 0 Å². The van der Waals surface area contributed by atoms with Gasteiger partial charge in [-0.1, -0.05) is 42.5 Å². The second-order valence-electron chi connectivity index (χ2n) is 8.24. The van der Waals surface area contributed by atoms with Crippen molar-refractivity contribution in [2.45, 2.75) is 38.8 Å². The Morgan fingerprint density at radius 2 is 1.69 bits per heavy atom. The normalized spacial score (nSPS) is 18.8. The number of fused-ring (bicyclic) bond motifs is 1. The van der Waals surface area contributed by atoms with Crippen molar-refractivity contribution in [1.29, 1.82) is 0 Å². The Morgan fingerprint density at radius 1 is 1.00 bits per heavy atom. The molecule has 2 aliphatic rings. The molecule has 1 atom stereocenters. The largest absolute Gasteiger partial charge is 0.478 e. The number of rotatable bonds is 7. The standard InChI is InChI=1S/C24H28N2O3/c27-23(10-5-12-25-16-20-7-1-2-8-21(20)17-25)26-13-11-18(15-26)14-19-6-3-4-9-22(19)24(28)29/h1-4,6-9,18H,5,10-17H2,(H,28,29). The molecule has 152 valence electrons. The van der Waals surface area contributed by atoms with Crippen molar-refractivity contribution in [2.75, 3.05) is 19.6 Å². The monoisotopic (exact) mass is 392 g/mol. The van der Waals surface area contributed by atoms with Crippen LogP contribution in [0.1, 0.15) is 46.3 Å². The molecule has 1 unspecified atom stereocenters. The van der Waals surface area contributed by atoms with E-state index < -0.39 is 5.97 Å². The molecule has 0 saturated carbocycles. The van der Waals surface area contributed by atoms with Crippen molar-refractivity contribution >= 4 is 11.9 Å². The second kappa shape index (κ2) is 8.78. The zero-order chi connectivity index (χ0) is 20.2. The van der Waals surface area contributed by atoms with Crippen molar-refractivity contribution in [3.8, 4) is 0 Å². The quantitative estimate of drug-likeness (QED) is 0.783. The van der Waals surface area contributed by atoms with Crippen molar-refractivity contribution in [3.05, 3.63) is 70.8 Å². The van der Waals surface area contributed by atoms with Gasteiger partial charge in [0.25, 0.3) is 0 Å². The molecule has 5 nitrogen and oxygen atoms in total. The molecule has 2 aromatic rings. The van der Waals surface area contributed by atoms with E-state index in [1.54, 1.807) is 12.1 Å². The molecular weight excluding hydrogens is 364 g/mol. The molecule has 1 amide bonds. The topological polar surface area (TPSA) is 60.9 Å². The molecule has 1 saturated heterocycles. The van der Waals surface area contributed by atoms with Crippen LogP contribution >= 0.6 is 0 Å². The number of carbonyl (C=O) groups is 2. The van der Waals surface area contributed by atoms with Crippen LogP contribution in [0.15, 0.2) is 48.5 Å². The third kappa shape index (κ3) is 4.67. The molecule has 1 fully saturated rings. The summed E-state index contributed by atoms with van der Waals surface area (Å²) in [4.78, 5) is 28.4. The summed E-state index contributed by atoms with van der Waals surface area (Å²) in [7, 11) is 0. The van der Waals surface area contributed by atoms with Crippen LogP contribution in [0.3, 0.4) is 0 Å². The van der Waals surface area contributed by atoms with Gasteiger partial charge in [-0.15, -0.1) is 0 Å². The number of carbonyl (C=O) groups excluding carboxylic acids is 1. The lowest BCUT2D eigenvalue weighted by Gasteiger charge is -2.19. The molecule has 5 heteroatoms. The summed E-state index contributed by atoms with van der Waals surface area (Å²) in [6.07, 6.45) is 3.14. The van der Waals surface area contributed by atoms with Crippen molar-refractivity contribution < 1.29 is 14.7 Å². The smallest absolute Gasteiger partial charge is 0.335 e. The Hall–Kier alpha value is -2.66. The van der Waals surface area contributed by atoms with Gasteiger partial charge in [0.15, 0.2) is 0 Å². The van der Waals surface area contributed by atoms with E-state index in [1.807, 2.05) is 17.0 Å². The van der Waals surface area contributed by atoms with Gasteiger partial charge < -0.3 is 10.0 Å². The lowest BCUT2D eigenvalue weighted by molar-refractivity contribution is -0.130. The first-order valence-electron chi connectivity index (χ1n) is 10.5. The summed E-state index contributed by atoms with van der Waals surface area (Å²) < 4.78 is 0. The van der Waals surface area contributed by atoms with Crippen LogP contribution in [0.4, 0.5) is 0 Å². The fourth-order valence-corrected chi connectivity index (χ4v) is 4.62. The number of benzene rings is 2. The van der Waals surface area contributed by atoms with E-state index in [4.69, 9.17) is 0 Å². The Morgan fingerprint density at radius 3 is 2.41 bits per heavy atom.